The van der Waals surface area contributed by atoms with Crippen molar-refractivity contribution >= 4 is 11.9 Å². The van der Waals surface area contributed by atoms with Gasteiger partial charge in [0.2, 0.25) is 0 Å². The maximum Gasteiger partial charge on any atom is 0.338 e. The molecule has 5 heteroatoms. The number of hydrogen-bond donors (Lipinski definition) is 1. The largest absolute Gasteiger partial charge is 0.457 e. The molecule has 0 aromatic heterocycles. The minimum atomic E-state index is -0.844. The lowest BCUT2D eigenvalue weighted by molar-refractivity contribution is -0.129. The molecule has 1 aliphatic rings. The first-order valence-corrected chi connectivity index (χ1v) is 10.1. The van der Waals surface area contributed by atoms with Gasteiger partial charge in [0.05, 0.1) is 5.56 Å². The first kappa shape index (κ1) is 20.6. The predicted molar refractivity (Wildman–Crippen MR) is 112 cm³/mol. The summed E-state index contributed by atoms with van der Waals surface area (Å²) < 4.78 is 11.0. The van der Waals surface area contributed by atoms with Crippen molar-refractivity contribution in [3.05, 3.63) is 71.8 Å². The highest BCUT2D eigenvalue weighted by Gasteiger charge is 2.19. The minimum Gasteiger partial charge on any atom is -0.457 e. The molecule has 0 saturated heterocycles. The zero-order valence-electron chi connectivity index (χ0n) is 16.7. The molecule has 1 aliphatic carbocycles. The Balaban J connectivity index is 1.44. The van der Waals surface area contributed by atoms with Crippen LogP contribution in [0.5, 0.6) is 11.5 Å². The fourth-order valence-corrected chi connectivity index (χ4v) is 3.19. The third kappa shape index (κ3) is 6.49. The van der Waals surface area contributed by atoms with Crippen LogP contribution in [0.4, 0.5) is 0 Å². The quantitative estimate of drug-likeness (QED) is 0.505. The van der Waals surface area contributed by atoms with Crippen molar-refractivity contribution in [3.63, 3.8) is 0 Å². The molecule has 1 atom stereocenters. The Labute approximate surface area is 171 Å². The summed E-state index contributed by atoms with van der Waals surface area (Å²) in [6.45, 7) is 2.15. The summed E-state index contributed by atoms with van der Waals surface area (Å²) in [5.74, 6) is 0.528. The van der Waals surface area contributed by atoms with Gasteiger partial charge in [0, 0.05) is 6.54 Å². The summed E-state index contributed by atoms with van der Waals surface area (Å²) >= 11 is 0. The zero-order chi connectivity index (χ0) is 20.5. The number of carbonyl (C=O) groups excluding carboxylic acids is 2. The molecule has 152 valence electrons. The van der Waals surface area contributed by atoms with Crippen molar-refractivity contribution in [2.45, 2.75) is 45.1 Å². The molecule has 0 spiro atoms. The molecule has 29 heavy (non-hydrogen) atoms. The third-order valence-corrected chi connectivity index (χ3v) is 4.85. The van der Waals surface area contributed by atoms with Crippen LogP contribution >= 0.6 is 0 Å². The van der Waals surface area contributed by atoms with E-state index in [9.17, 15) is 9.59 Å². The SMILES string of the molecule is C[C@@H](OC(=O)c1ccc(Oc2ccccc2)cc1)C(=O)NCCC1=CCCCC1. The van der Waals surface area contributed by atoms with Gasteiger partial charge in [-0.15, -0.1) is 0 Å². The van der Waals surface area contributed by atoms with Gasteiger partial charge in [-0.1, -0.05) is 29.8 Å². The van der Waals surface area contributed by atoms with Crippen molar-refractivity contribution in [2.75, 3.05) is 6.54 Å². The maximum absolute atomic E-state index is 12.3. The van der Waals surface area contributed by atoms with Gasteiger partial charge in [-0.3, -0.25) is 4.79 Å². The first-order valence-electron chi connectivity index (χ1n) is 10.1. The second kappa shape index (κ2) is 10.5. The van der Waals surface area contributed by atoms with Crippen molar-refractivity contribution in [1.82, 2.24) is 5.32 Å². The van der Waals surface area contributed by atoms with Gasteiger partial charge in [0.25, 0.3) is 5.91 Å². The summed E-state index contributed by atoms with van der Waals surface area (Å²) in [6.07, 6.45) is 7.00. The number of amides is 1. The van der Waals surface area contributed by atoms with Crippen LogP contribution < -0.4 is 10.1 Å². The Morgan fingerprint density at radius 1 is 1.00 bits per heavy atom. The molecule has 1 N–H and O–H groups in total. The summed E-state index contributed by atoms with van der Waals surface area (Å²) in [6, 6.07) is 16.1. The summed E-state index contributed by atoms with van der Waals surface area (Å²) in [5, 5.41) is 2.85. The summed E-state index contributed by atoms with van der Waals surface area (Å²) in [7, 11) is 0. The molecular formula is C24H27NO4. The summed E-state index contributed by atoms with van der Waals surface area (Å²) in [5.41, 5.74) is 1.77. The van der Waals surface area contributed by atoms with E-state index in [1.807, 2.05) is 30.3 Å². The molecule has 0 aliphatic heterocycles. The van der Waals surface area contributed by atoms with E-state index in [4.69, 9.17) is 9.47 Å². The van der Waals surface area contributed by atoms with E-state index in [0.717, 1.165) is 25.0 Å². The van der Waals surface area contributed by atoms with Crippen LogP contribution in [0.3, 0.4) is 0 Å². The number of para-hydroxylation sites is 1. The Hall–Kier alpha value is -3.08. The number of ether oxygens (including phenoxy) is 2. The van der Waals surface area contributed by atoms with Crippen LogP contribution in [0.25, 0.3) is 0 Å². The van der Waals surface area contributed by atoms with Crippen molar-refractivity contribution in [1.29, 1.82) is 0 Å². The molecular weight excluding hydrogens is 366 g/mol. The third-order valence-electron chi connectivity index (χ3n) is 4.85. The van der Waals surface area contributed by atoms with Crippen LogP contribution in [0.2, 0.25) is 0 Å². The van der Waals surface area contributed by atoms with E-state index in [1.54, 1.807) is 31.2 Å². The second-order valence-corrected chi connectivity index (χ2v) is 7.14. The number of esters is 1. The standard InChI is InChI=1S/C24H27NO4/c1-18(23(26)25-17-16-19-8-4-2-5-9-19)28-24(27)20-12-14-22(15-13-20)29-21-10-6-3-7-11-21/h3,6-8,10-15,18H,2,4-5,9,16-17H2,1H3,(H,25,26)/t18-/m1/s1. The van der Waals surface area contributed by atoms with Gasteiger partial charge < -0.3 is 14.8 Å². The number of rotatable bonds is 8. The smallest absolute Gasteiger partial charge is 0.338 e. The highest BCUT2D eigenvalue weighted by molar-refractivity contribution is 5.92. The van der Waals surface area contributed by atoms with Gasteiger partial charge in [0.1, 0.15) is 11.5 Å². The van der Waals surface area contributed by atoms with E-state index < -0.39 is 12.1 Å². The second-order valence-electron chi connectivity index (χ2n) is 7.14. The highest BCUT2D eigenvalue weighted by Crippen LogP contribution is 2.22. The van der Waals surface area contributed by atoms with Crippen LogP contribution in [0.1, 0.15) is 49.4 Å². The number of benzene rings is 2. The molecule has 0 fully saturated rings. The highest BCUT2D eigenvalue weighted by atomic mass is 16.5. The van der Waals surface area contributed by atoms with Gasteiger partial charge >= 0.3 is 5.97 Å². The first-order chi connectivity index (χ1) is 14.1. The normalized spacial score (nSPS) is 14.4. The van der Waals surface area contributed by atoms with Crippen LogP contribution in [0, 0.1) is 0 Å². The molecule has 0 radical (unpaired) electrons. The Morgan fingerprint density at radius 2 is 1.72 bits per heavy atom. The van der Waals surface area contributed by atoms with Gasteiger partial charge in [-0.2, -0.15) is 0 Å². The lowest BCUT2D eigenvalue weighted by Gasteiger charge is -2.15. The van der Waals surface area contributed by atoms with E-state index in [1.165, 1.54) is 18.4 Å². The number of carbonyl (C=O) groups is 2. The Kier molecular flexibility index (Phi) is 7.45. The van der Waals surface area contributed by atoms with Crippen molar-refractivity contribution in [3.8, 4) is 11.5 Å². The maximum atomic E-state index is 12.3. The van der Waals surface area contributed by atoms with Crippen molar-refractivity contribution < 1.29 is 19.1 Å². The Morgan fingerprint density at radius 3 is 2.41 bits per heavy atom. The molecule has 0 saturated carbocycles. The van der Waals surface area contributed by atoms with Crippen molar-refractivity contribution in [2.24, 2.45) is 0 Å². The lowest BCUT2D eigenvalue weighted by atomic mass is 9.97. The minimum absolute atomic E-state index is 0.279. The van der Waals surface area contributed by atoms with Gasteiger partial charge in [0.15, 0.2) is 6.10 Å². The summed E-state index contributed by atoms with van der Waals surface area (Å²) in [4.78, 5) is 24.5. The van der Waals surface area contributed by atoms with E-state index in [2.05, 4.69) is 11.4 Å². The molecule has 0 bridgehead atoms. The monoisotopic (exact) mass is 393 g/mol. The molecule has 0 heterocycles. The molecule has 2 aromatic carbocycles. The van der Waals surface area contributed by atoms with Crippen LogP contribution in [-0.4, -0.2) is 24.5 Å². The fourth-order valence-electron chi connectivity index (χ4n) is 3.19. The lowest BCUT2D eigenvalue weighted by Crippen LogP contribution is -2.36. The fraction of sp³-hybridized carbons (Fsp3) is 0.333. The van der Waals surface area contributed by atoms with Gasteiger partial charge in [-0.05, 0) is 75.4 Å². The predicted octanol–water partition coefficient (Wildman–Crippen LogP) is 5.03. The van der Waals surface area contributed by atoms with E-state index in [0.29, 0.717) is 17.9 Å². The number of hydrogen-bond acceptors (Lipinski definition) is 4. The molecule has 5 nitrogen and oxygen atoms in total. The van der Waals surface area contributed by atoms with E-state index in [-0.39, 0.29) is 5.91 Å². The number of nitrogens with one attached hydrogen (secondary N) is 1. The number of allylic oxidation sites excluding steroid dienone is 1. The Bertz CT molecular complexity index is 843. The molecule has 0 unspecified atom stereocenters. The average molecular weight is 393 g/mol. The molecule has 1 amide bonds. The molecule has 2 aromatic rings. The average Bonchev–Trinajstić information content (AvgIpc) is 2.75. The van der Waals surface area contributed by atoms with Crippen LogP contribution in [-0.2, 0) is 9.53 Å². The topological polar surface area (TPSA) is 64.6 Å². The zero-order valence-corrected chi connectivity index (χ0v) is 16.7. The van der Waals surface area contributed by atoms with E-state index >= 15 is 0 Å². The van der Waals surface area contributed by atoms with Crippen LogP contribution in [0.15, 0.2) is 66.2 Å². The van der Waals surface area contributed by atoms with Gasteiger partial charge in [-0.25, -0.2) is 4.79 Å². The molecule has 3 rings (SSSR count).